The van der Waals surface area contributed by atoms with E-state index in [0.717, 1.165) is 24.8 Å². The number of fused-ring (bicyclic) bond motifs is 1. The number of aromatic amines is 1. The molecule has 1 aromatic heterocycles. The first-order chi connectivity index (χ1) is 12.1. The third-order valence-corrected chi connectivity index (χ3v) is 4.45. The number of carbonyl (C=O) groups excluding carboxylic acids is 2. The van der Waals surface area contributed by atoms with E-state index < -0.39 is 12.1 Å². The summed E-state index contributed by atoms with van der Waals surface area (Å²) in [4.78, 5) is 24.4. The number of carbonyl (C=O) groups is 2. The Bertz CT molecular complexity index is 794. The van der Waals surface area contributed by atoms with Crippen LogP contribution in [0, 0.1) is 0 Å². The monoisotopic (exact) mass is 341 g/mol. The van der Waals surface area contributed by atoms with E-state index in [1.165, 1.54) is 18.4 Å². The average molecular weight is 341 g/mol. The van der Waals surface area contributed by atoms with Crippen molar-refractivity contribution >= 4 is 22.8 Å². The molecule has 1 aliphatic rings. The zero-order valence-electron chi connectivity index (χ0n) is 14.4. The second kappa shape index (κ2) is 7.96. The number of nitrogens with zero attached hydrogens (tertiary/aromatic N) is 1. The fourth-order valence-electron chi connectivity index (χ4n) is 3.01. The smallest absolute Gasteiger partial charge is 0.360 e. The van der Waals surface area contributed by atoms with E-state index in [1.54, 1.807) is 13.0 Å². The van der Waals surface area contributed by atoms with Crippen LogP contribution in [0.25, 0.3) is 10.9 Å². The zero-order valence-corrected chi connectivity index (χ0v) is 14.4. The number of amides is 1. The highest BCUT2D eigenvalue weighted by Crippen LogP contribution is 2.19. The molecule has 0 spiro atoms. The maximum atomic E-state index is 12.3. The molecule has 0 saturated heterocycles. The Kier molecular flexibility index (Phi) is 5.48. The third kappa shape index (κ3) is 4.26. The largest absolute Gasteiger partial charge is 0.448 e. The molecule has 0 unspecified atom stereocenters. The molecule has 1 atom stereocenters. The summed E-state index contributed by atoms with van der Waals surface area (Å²) in [5.74, 6) is -0.889. The van der Waals surface area contributed by atoms with E-state index in [9.17, 15) is 9.59 Å². The molecule has 0 radical (unpaired) electrons. The molecule has 0 aliphatic heterocycles. The number of ether oxygens (including phenoxy) is 1. The first-order valence-corrected chi connectivity index (χ1v) is 8.75. The lowest BCUT2D eigenvalue weighted by Crippen LogP contribution is -2.36. The summed E-state index contributed by atoms with van der Waals surface area (Å²) in [5, 5.41) is 10.3. The summed E-state index contributed by atoms with van der Waals surface area (Å²) < 4.78 is 5.26. The molecule has 2 aromatic rings. The Morgan fingerprint density at radius 1 is 1.32 bits per heavy atom. The molecule has 2 N–H and O–H groups in total. The summed E-state index contributed by atoms with van der Waals surface area (Å²) in [5.41, 5.74) is 2.36. The molecule has 1 amide bonds. The van der Waals surface area contributed by atoms with Crippen LogP contribution < -0.4 is 5.32 Å². The van der Waals surface area contributed by atoms with Gasteiger partial charge in [0.05, 0.1) is 5.52 Å². The SMILES string of the molecule is C[C@H](OC(=O)c1n[nH]c2ccccc12)C(=O)NCCC1=CCCCC1. The lowest BCUT2D eigenvalue weighted by atomic mass is 9.97. The molecule has 132 valence electrons. The van der Waals surface area contributed by atoms with Crippen LogP contribution in [0.2, 0.25) is 0 Å². The third-order valence-electron chi connectivity index (χ3n) is 4.45. The van der Waals surface area contributed by atoms with Crippen molar-refractivity contribution in [3.05, 3.63) is 41.6 Å². The minimum Gasteiger partial charge on any atom is -0.448 e. The average Bonchev–Trinajstić information content (AvgIpc) is 3.06. The van der Waals surface area contributed by atoms with E-state index in [4.69, 9.17) is 4.74 Å². The van der Waals surface area contributed by atoms with Gasteiger partial charge in [-0.15, -0.1) is 0 Å². The van der Waals surface area contributed by atoms with Crippen molar-refractivity contribution in [2.24, 2.45) is 0 Å². The predicted octanol–water partition coefficient (Wildman–Crippen LogP) is 3.11. The molecule has 1 heterocycles. The number of para-hydroxylation sites is 1. The van der Waals surface area contributed by atoms with Gasteiger partial charge in [-0.25, -0.2) is 4.79 Å². The maximum Gasteiger partial charge on any atom is 0.360 e. The van der Waals surface area contributed by atoms with Gasteiger partial charge in [-0.1, -0.05) is 29.8 Å². The number of aromatic nitrogens is 2. The quantitative estimate of drug-likeness (QED) is 0.624. The second-order valence-corrected chi connectivity index (χ2v) is 6.31. The Hall–Kier alpha value is -2.63. The summed E-state index contributed by atoms with van der Waals surface area (Å²) in [6, 6.07) is 7.30. The van der Waals surface area contributed by atoms with Crippen LogP contribution in [-0.2, 0) is 9.53 Å². The van der Waals surface area contributed by atoms with Gasteiger partial charge in [-0.05, 0) is 45.1 Å². The lowest BCUT2D eigenvalue weighted by molar-refractivity contribution is -0.129. The van der Waals surface area contributed by atoms with Crippen molar-refractivity contribution < 1.29 is 14.3 Å². The Morgan fingerprint density at radius 2 is 2.16 bits per heavy atom. The fourth-order valence-corrected chi connectivity index (χ4v) is 3.01. The van der Waals surface area contributed by atoms with E-state index in [2.05, 4.69) is 21.6 Å². The maximum absolute atomic E-state index is 12.3. The van der Waals surface area contributed by atoms with Crippen molar-refractivity contribution in [1.82, 2.24) is 15.5 Å². The van der Waals surface area contributed by atoms with Crippen LogP contribution in [0.15, 0.2) is 35.9 Å². The summed E-state index contributed by atoms with van der Waals surface area (Å²) in [6.07, 6.45) is 7.00. The molecule has 1 aromatic carbocycles. The fraction of sp³-hybridized carbons (Fsp3) is 0.421. The molecule has 1 aliphatic carbocycles. The van der Waals surface area contributed by atoms with Gasteiger partial charge < -0.3 is 10.1 Å². The topological polar surface area (TPSA) is 84.1 Å². The van der Waals surface area contributed by atoms with E-state index >= 15 is 0 Å². The highest BCUT2D eigenvalue weighted by molar-refractivity contribution is 6.02. The number of nitrogens with one attached hydrogen (secondary N) is 2. The molecule has 0 saturated carbocycles. The number of H-pyrrole nitrogens is 1. The van der Waals surface area contributed by atoms with Crippen molar-refractivity contribution in [3.63, 3.8) is 0 Å². The number of esters is 1. The van der Waals surface area contributed by atoms with Crippen LogP contribution in [0.5, 0.6) is 0 Å². The Balaban J connectivity index is 1.50. The van der Waals surface area contributed by atoms with E-state index in [1.807, 2.05) is 18.2 Å². The molecule has 3 rings (SSSR count). The minimum absolute atomic E-state index is 0.197. The Labute approximate surface area is 146 Å². The van der Waals surface area contributed by atoms with Gasteiger partial charge in [0.25, 0.3) is 5.91 Å². The molecular formula is C19H23N3O3. The van der Waals surface area contributed by atoms with Crippen LogP contribution >= 0.6 is 0 Å². The number of allylic oxidation sites excluding steroid dienone is 1. The van der Waals surface area contributed by atoms with E-state index in [-0.39, 0.29) is 11.6 Å². The first-order valence-electron chi connectivity index (χ1n) is 8.75. The second-order valence-electron chi connectivity index (χ2n) is 6.31. The summed E-state index contributed by atoms with van der Waals surface area (Å²) in [6.45, 7) is 2.14. The van der Waals surface area contributed by atoms with E-state index in [0.29, 0.717) is 11.9 Å². The van der Waals surface area contributed by atoms with Gasteiger partial charge >= 0.3 is 5.97 Å². The first kappa shape index (κ1) is 17.2. The van der Waals surface area contributed by atoms with Gasteiger partial charge in [0.15, 0.2) is 11.8 Å². The number of rotatable bonds is 6. The molecule has 6 heteroatoms. The van der Waals surface area contributed by atoms with Crippen LogP contribution in [0.4, 0.5) is 0 Å². The molecule has 0 fully saturated rings. The van der Waals surface area contributed by atoms with Crippen molar-refractivity contribution in [2.45, 2.75) is 45.1 Å². The van der Waals surface area contributed by atoms with Gasteiger partial charge in [-0.3, -0.25) is 9.89 Å². The summed E-state index contributed by atoms with van der Waals surface area (Å²) >= 11 is 0. The van der Waals surface area contributed by atoms with Gasteiger partial charge in [0, 0.05) is 11.9 Å². The predicted molar refractivity (Wildman–Crippen MR) is 95.1 cm³/mol. The van der Waals surface area contributed by atoms with Gasteiger partial charge in [0.1, 0.15) is 0 Å². The van der Waals surface area contributed by atoms with Gasteiger partial charge in [0.2, 0.25) is 0 Å². The Morgan fingerprint density at radius 3 is 2.96 bits per heavy atom. The summed E-state index contributed by atoms with van der Waals surface area (Å²) in [7, 11) is 0. The molecule has 25 heavy (non-hydrogen) atoms. The number of hydrogen-bond donors (Lipinski definition) is 2. The van der Waals surface area contributed by atoms with Crippen molar-refractivity contribution in [2.75, 3.05) is 6.54 Å². The van der Waals surface area contributed by atoms with Gasteiger partial charge in [-0.2, -0.15) is 5.10 Å². The number of benzene rings is 1. The molecule has 0 bridgehead atoms. The minimum atomic E-state index is -0.858. The lowest BCUT2D eigenvalue weighted by Gasteiger charge is -2.15. The van der Waals surface area contributed by atoms with Crippen molar-refractivity contribution in [1.29, 1.82) is 0 Å². The zero-order chi connectivity index (χ0) is 17.6. The molecule has 6 nitrogen and oxygen atoms in total. The van der Waals surface area contributed by atoms with Crippen LogP contribution in [-0.4, -0.2) is 34.7 Å². The molecular weight excluding hydrogens is 318 g/mol. The standard InChI is InChI=1S/C19H23N3O3/c1-13(18(23)20-12-11-14-7-3-2-4-8-14)25-19(24)17-15-9-5-6-10-16(15)21-22-17/h5-7,9-10,13H,2-4,8,11-12H2,1H3,(H,20,23)(H,21,22)/t13-/m0/s1. The number of hydrogen-bond acceptors (Lipinski definition) is 4. The van der Waals surface area contributed by atoms with Crippen LogP contribution in [0.3, 0.4) is 0 Å². The van der Waals surface area contributed by atoms with Crippen LogP contribution in [0.1, 0.15) is 49.5 Å². The highest BCUT2D eigenvalue weighted by atomic mass is 16.5. The normalized spacial score (nSPS) is 15.5. The van der Waals surface area contributed by atoms with Crippen molar-refractivity contribution in [3.8, 4) is 0 Å². The highest BCUT2D eigenvalue weighted by Gasteiger charge is 2.22.